The van der Waals surface area contributed by atoms with Crippen LogP contribution in [0.15, 0.2) is 0 Å². The third-order valence-electron chi connectivity index (χ3n) is 2.13. The molecule has 12 heavy (non-hydrogen) atoms. The Morgan fingerprint density at radius 1 is 1.08 bits per heavy atom. The standard InChI is InChI=1S/C9H19N2.U/c1-8(2)5-7(10)6-9(3,4)11-8;/h7H,5-6,10H2,1-4H3;/q-1;. The summed E-state index contributed by atoms with van der Waals surface area (Å²) in [5.74, 6) is 0. The first-order chi connectivity index (χ1) is 4.81. The maximum absolute atomic E-state index is 5.93. The Bertz CT molecular complexity index is 139. The van der Waals surface area contributed by atoms with Gasteiger partial charge in [-0.15, -0.1) is 11.1 Å². The maximum atomic E-state index is 5.93. The summed E-state index contributed by atoms with van der Waals surface area (Å²) < 4.78 is 0. The average Bonchev–Trinajstić information content (AvgIpc) is 1.49. The van der Waals surface area contributed by atoms with E-state index in [1.807, 2.05) is 0 Å². The molecule has 0 aromatic rings. The van der Waals surface area contributed by atoms with Crippen molar-refractivity contribution in [1.29, 1.82) is 0 Å². The summed E-state index contributed by atoms with van der Waals surface area (Å²) in [7, 11) is 0. The molecule has 1 heterocycles. The zero-order chi connectivity index (χ0) is 8.70. The molecular weight excluding hydrogens is 374 g/mol. The molecule has 1 fully saturated rings. The zero-order valence-corrected chi connectivity index (χ0v) is 12.7. The molecule has 0 atom stereocenters. The van der Waals surface area contributed by atoms with Crippen LogP contribution in [-0.2, 0) is 0 Å². The van der Waals surface area contributed by atoms with Crippen LogP contribution < -0.4 is 5.73 Å². The van der Waals surface area contributed by atoms with Crippen molar-refractivity contribution in [2.75, 3.05) is 0 Å². The minimum atomic E-state index is 0. The average molecular weight is 393 g/mol. The van der Waals surface area contributed by atoms with E-state index in [0.29, 0.717) is 6.04 Å². The Morgan fingerprint density at radius 3 is 1.67 bits per heavy atom. The number of rotatable bonds is 0. The predicted molar refractivity (Wildman–Crippen MR) is 48.7 cm³/mol. The maximum Gasteiger partial charge on any atom is 0.00158 e. The van der Waals surface area contributed by atoms with E-state index in [-0.39, 0.29) is 42.2 Å². The normalized spacial score (nSPS) is 27.8. The van der Waals surface area contributed by atoms with Gasteiger partial charge in [-0.1, -0.05) is 40.5 Å². The number of hydrogen-bond acceptors (Lipinski definition) is 1. The van der Waals surface area contributed by atoms with Crippen LogP contribution in [0.25, 0.3) is 5.32 Å². The molecule has 1 saturated heterocycles. The second kappa shape index (κ2) is 4.00. The molecule has 1 rings (SSSR count). The molecule has 0 aromatic heterocycles. The smallest absolute Gasteiger partial charge is 0.00158 e. The molecule has 3 heteroatoms. The molecule has 0 saturated carbocycles. The molecule has 0 spiro atoms. The fourth-order valence-electron chi connectivity index (χ4n) is 2.27. The summed E-state index contributed by atoms with van der Waals surface area (Å²) in [5.41, 5.74) is 6.09. The van der Waals surface area contributed by atoms with Gasteiger partial charge in [0.1, 0.15) is 0 Å². The minimum absolute atomic E-state index is 0. The number of nitrogens with two attached hydrogens (primary N) is 1. The molecule has 70 valence electrons. The van der Waals surface area contributed by atoms with E-state index in [1.54, 1.807) is 0 Å². The fraction of sp³-hybridized carbons (Fsp3) is 1.00. The van der Waals surface area contributed by atoms with Gasteiger partial charge in [-0.25, -0.2) is 0 Å². The fourth-order valence-corrected chi connectivity index (χ4v) is 2.27. The van der Waals surface area contributed by atoms with Crippen LogP contribution >= 0.6 is 0 Å². The van der Waals surface area contributed by atoms with E-state index in [2.05, 4.69) is 27.7 Å². The van der Waals surface area contributed by atoms with Crippen molar-refractivity contribution >= 4 is 0 Å². The van der Waals surface area contributed by atoms with Crippen LogP contribution in [0.2, 0.25) is 0 Å². The summed E-state index contributed by atoms with van der Waals surface area (Å²) in [6, 6.07) is 0.331. The van der Waals surface area contributed by atoms with E-state index in [0.717, 1.165) is 12.8 Å². The van der Waals surface area contributed by atoms with Crippen LogP contribution in [0.5, 0.6) is 0 Å². The van der Waals surface area contributed by atoms with E-state index in [4.69, 9.17) is 11.1 Å². The van der Waals surface area contributed by atoms with Gasteiger partial charge in [0.25, 0.3) is 0 Å². The summed E-state index contributed by atoms with van der Waals surface area (Å²) >= 11 is 0. The third kappa shape index (κ3) is 3.79. The van der Waals surface area contributed by atoms with Crippen molar-refractivity contribution in [3.63, 3.8) is 0 Å². The van der Waals surface area contributed by atoms with Crippen molar-refractivity contribution in [3.05, 3.63) is 5.32 Å². The first-order valence-electron chi connectivity index (χ1n) is 4.30. The van der Waals surface area contributed by atoms with Gasteiger partial charge in [0.05, 0.1) is 0 Å². The Labute approximate surface area is 99.4 Å². The molecule has 0 unspecified atom stereocenters. The molecule has 0 aromatic carbocycles. The molecule has 1 aliphatic heterocycles. The monoisotopic (exact) mass is 393 g/mol. The van der Waals surface area contributed by atoms with E-state index in [1.165, 1.54) is 0 Å². The van der Waals surface area contributed by atoms with Crippen LogP contribution in [0.1, 0.15) is 40.5 Å². The first kappa shape index (κ1) is 13.0. The van der Waals surface area contributed by atoms with Gasteiger partial charge < -0.3 is 11.1 Å². The van der Waals surface area contributed by atoms with Gasteiger partial charge in [-0.05, 0) is 0 Å². The van der Waals surface area contributed by atoms with Crippen LogP contribution in [-0.4, -0.2) is 17.1 Å². The van der Waals surface area contributed by atoms with Gasteiger partial charge >= 0.3 is 0 Å². The van der Waals surface area contributed by atoms with Crippen LogP contribution in [0.3, 0.4) is 0 Å². The SMILES string of the molecule is CC1(C)CC(N)CC(C)(C)[N-]1.[U]. The van der Waals surface area contributed by atoms with Gasteiger partial charge in [0, 0.05) is 37.2 Å². The van der Waals surface area contributed by atoms with Gasteiger partial charge in [-0.2, -0.15) is 0 Å². The van der Waals surface area contributed by atoms with Gasteiger partial charge in [-0.3, -0.25) is 0 Å². The third-order valence-corrected chi connectivity index (χ3v) is 2.13. The van der Waals surface area contributed by atoms with Crippen molar-refractivity contribution in [1.82, 2.24) is 0 Å². The van der Waals surface area contributed by atoms with Gasteiger partial charge in [0.2, 0.25) is 0 Å². The summed E-state index contributed by atoms with van der Waals surface area (Å²) in [6.07, 6.45) is 2.05. The molecule has 0 bridgehead atoms. The number of hydrogen-bond donors (Lipinski definition) is 1. The first-order valence-corrected chi connectivity index (χ1v) is 4.30. The topological polar surface area (TPSA) is 40.1 Å². The molecule has 0 radical (unpaired) electrons. The van der Waals surface area contributed by atoms with Crippen molar-refractivity contribution < 1.29 is 31.1 Å². The second-order valence-corrected chi connectivity index (χ2v) is 4.90. The molecule has 2 nitrogen and oxygen atoms in total. The number of piperidine rings is 1. The largest absolute Gasteiger partial charge is 0.652 e. The molecular formula is C9H19N2U-. The van der Waals surface area contributed by atoms with Gasteiger partial charge in [0.15, 0.2) is 0 Å². The second-order valence-electron chi connectivity index (χ2n) is 4.90. The minimum Gasteiger partial charge on any atom is -0.652 e. The quantitative estimate of drug-likeness (QED) is 0.673. The summed E-state index contributed by atoms with van der Waals surface area (Å²) in [6.45, 7) is 8.64. The summed E-state index contributed by atoms with van der Waals surface area (Å²) in [4.78, 5) is 0. The molecule has 0 amide bonds. The molecule has 2 N–H and O–H groups in total. The Kier molecular flexibility index (Phi) is 4.33. The van der Waals surface area contributed by atoms with E-state index < -0.39 is 0 Å². The summed E-state index contributed by atoms with van der Waals surface area (Å²) in [5, 5.41) is 4.72. The molecule has 0 aliphatic carbocycles. The Hall–Kier alpha value is 0.972. The number of nitrogens with zero attached hydrogens (tertiary/aromatic N) is 1. The molecule has 1 aliphatic rings. The van der Waals surface area contributed by atoms with Crippen LogP contribution in [0, 0.1) is 31.1 Å². The van der Waals surface area contributed by atoms with Crippen molar-refractivity contribution in [3.8, 4) is 0 Å². The predicted octanol–water partition coefficient (Wildman–Crippen LogP) is 2.04. The van der Waals surface area contributed by atoms with Crippen LogP contribution in [0.4, 0.5) is 0 Å². The van der Waals surface area contributed by atoms with Crippen molar-refractivity contribution in [2.45, 2.75) is 57.7 Å². The Morgan fingerprint density at radius 2 is 1.42 bits per heavy atom. The van der Waals surface area contributed by atoms with E-state index in [9.17, 15) is 0 Å². The van der Waals surface area contributed by atoms with Crippen molar-refractivity contribution in [2.24, 2.45) is 5.73 Å². The van der Waals surface area contributed by atoms with E-state index >= 15 is 0 Å². The zero-order valence-electron chi connectivity index (χ0n) is 8.52. The Balaban J connectivity index is 0.00000121.